The molecule has 1 aliphatic rings. The van der Waals surface area contributed by atoms with Crippen molar-refractivity contribution in [2.45, 2.75) is 58.7 Å². The molecule has 0 fully saturated rings. The standard InChI is InChI=1S/C17H26N4/c1-3-18-16-8-6-5-7-14-11-20(12-15(14)16)13-17-19-9-10-21(17)4-2/h9-12,16,18H,3-8,13H2,1-2H3. The van der Waals surface area contributed by atoms with E-state index in [0.29, 0.717) is 6.04 Å². The Hall–Kier alpha value is -1.55. The number of aromatic nitrogens is 3. The van der Waals surface area contributed by atoms with E-state index in [1.807, 2.05) is 6.20 Å². The SMILES string of the molecule is CCNC1CCCCc2cn(Cc3nccn3CC)cc21. The number of aryl methyl sites for hydroxylation is 2. The lowest BCUT2D eigenvalue weighted by Gasteiger charge is -2.15. The number of fused-ring (bicyclic) bond motifs is 1. The zero-order chi connectivity index (χ0) is 14.7. The van der Waals surface area contributed by atoms with Crippen LogP contribution in [0.2, 0.25) is 0 Å². The molecule has 114 valence electrons. The van der Waals surface area contributed by atoms with Crippen molar-refractivity contribution in [3.05, 3.63) is 41.7 Å². The maximum Gasteiger partial charge on any atom is 0.128 e. The van der Waals surface area contributed by atoms with Crippen LogP contribution in [-0.2, 0) is 19.5 Å². The Labute approximate surface area is 127 Å². The molecule has 0 bridgehead atoms. The van der Waals surface area contributed by atoms with Crippen LogP contribution in [0.5, 0.6) is 0 Å². The van der Waals surface area contributed by atoms with Crippen molar-refractivity contribution in [2.24, 2.45) is 0 Å². The van der Waals surface area contributed by atoms with Crippen LogP contribution in [0.3, 0.4) is 0 Å². The number of hydrogen-bond donors (Lipinski definition) is 1. The van der Waals surface area contributed by atoms with Gasteiger partial charge in [0.2, 0.25) is 0 Å². The molecule has 0 spiro atoms. The second-order valence-corrected chi connectivity index (χ2v) is 5.90. The molecule has 0 amide bonds. The second-order valence-electron chi connectivity index (χ2n) is 5.90. The van der Waals surface area contributed by atoms with E-state index in [-0.39, 0.29) is 0 Å². The number of nitrogens with one attached hydrogen (secondary N) is 1. The van der Waals surface area contributed by atoms with Crippen molar-refractivity contribution in [1.29, 1.82) is 0 Å². The molecule has 1 N–H and O–H groups in total. The Morgan fingerprint density at radius 1 is 1.29 bits per heavy atom. The molecule has 3 rings (SSSR count). The quantitative estimate of drug-likeness (QED) is 0.857. The molecular weight excluding hydrogens is 260 g/mol. The fourth-order valence-electron chi connectivity index (χ4n) is 3.41. The molecule has 0 saturated carbocycles. The van der Waals surface area contributed by atoms with Gasteiger partial charge in [-0.25, -0.2) is 4.98 Å². The van der Waals surface area contributed by atoms with E-state index in [1.165, 1.54) is 36.8 Å². The summed E-state index contributed by atoms with van der Waals surface area (Å²) in [7, 11) is 0. The lowest BCUT2D eigenvalue weighted by atomic mass is 10.0. The molecule has 2 aromatic rings. The first-order valence-electron chi connectivity index (χ1n) is 8.23. The normalized spacial score (nSPS) is 18.5. The number of nitrogens with zero attached hydrogens (tertiary/aromatic N) is 3. The third-order valence-electron chi connectivity index (χ3n) is 4.48. The summed E-state index contributed by atoms with van der Waals surface area (Å²) < 4.78 is 4.53. The van der Waals surface area contributed by atoms with Gasteiger partial charge in [0.05, 0.1) is 6.54 Å². The van der Waals surface area contributed by atoms with Gasteiger partial charge in [-0.3, -0.25) is 0 Å². The smallest absolute Gasteiger partial charge is 0.128 e. The Bertz CT molecular complexity index is 581. The maximum absolute atomic E-state index is 4.49. The van der Waals surface area contributed by atoms with E-state index in [0.717, 1.165) is 25.5 Å². The van der Waals surface area contributed by atoms with Gasteiger partial charge in [0.1, 0.15) is 5.82 Å². The van der Waals surface area contributed by atoms with Crippen molar-refractivity contribution in [3.63, 3.8) is 0 Å². The summed E-state index contributed by atoms with van der Waals surface area (Å²) in [6.07, 6.45) is 13.7. The molecule has 0 saturated heterocycles. The van der Waals surface area contributed by atoms with Gasteiger partial charge in [0, 0.05) is 37.4 Å². The van der Waals surface area contributed by atoms with Crippen molar-refractivity contribution in [2.75, 3.05) is 6.54 Å². The molecule has 1 aliphatic carbocycles. The summed E-state index contributed by atoms with van der Waals surface area (Å²) in [5.74, 6) is 1.14. The van der Waals surface area contributed by atoms with Gasteiger partial charge in [0.15, 0.2) is 0 Å². The molecule has 21 heavy (non-hydrogen) atoms. The summed E-state index contributed by atoms with van der Waals surface area (Å²) in [5.41, 5.74) is 3.03. The van der Waals surface area contributed by atoms with Crippen LogP contribution in [0.15, 0.2) is 24.8 Å². The predicted octanol–water partition coefficient (Wildman–Crippen LogP) is 3.13. The van der Waals surface area contributed by atoms with E-state index in [2.05, 4.69) is 51.9 Å². The molecule has 1 unspecified atom stereocenters. The van der Waals surface area contributed by atoms with Crippen LogP contribution >= 0.6 is 0 Å². The first-order valence-corrected chi connectivity index (χ1v) is 8.23. The van der Waals surface area contributed by atoms with Gasteiger partial charge in [-0.1, -0.05) is 13.3 Å². The minimum Gasteiger partial charge on any atom is -0.346 e. The van der Waals surface area contributed by atoms with E-state index >= 15 is 0 Å². The molecular formula is C17H26N4. The zero-order valence-electron chi connectivity index (χ0n) is 13.2. The van der Waals surface area contributed by atoms with E-state index in [9.17, 15) is 0 Å². The lowest BCUT2D eigenvalue weighted by molar-refractivity contribution is 0.501. The highest BCUT2D eigenvalue weighted by Gasteiger charge is 2.20. The maximum atomic E-state index is 4.49. The molecule has 2 heterocycles. The summed E-state index contributed by atoms with van der Waals surface area (Å²) in [6, 6.07) is 0.527. The summed E-state index contributed by atoms with van der Waals surface area (Å²) in [4.78, 5) is 4.49. The molecule has 4 nitrogen and oxygen atoms in total. The Kier molecular flexibility index (Phi) is 4.44. The van der Waals surface area contributed by atoms with Crippen LogP contribution < -0.4 is 5.32 Å². The van der Waals surface area contributed by atoms with Gasteiger partial charge in [-0.2, -0.15) is 0 Å². The number of hydrogen-bond acceptors (Lipinski definition) is 2. The van der Waals surface area contributed by atoms with E-state index in [4.69, 9.17) is 0 Å². The van der Waals surface area contributed by atoms with E-state index < -0.39 is 0 Å². The number of imidazole rings is 1. The molecule has 0 aromatic carbocycles. The van der Waals surface area contributed by atoms with Crippen LogP contribution in [0.25, 0.3) is 0 Å². The minimum atomic E-state index is 0.527. The lowest BCUT2D eigenvalue weighted by Crippen LogP contribution is -2.20. The Morgan fingerprint density at radius 3 is 3.00 bits per heavy atom. The fraction of sp³-hybridized carbons (Fsp3) is 0.588. The molecule has 0 radical (unpaired) electrons. The highest BCUT2D eigenvalue weighted by molar-refractivity contribution is 5.29. The van der Waals surface area contributed by atoms with Crippen molar-refractivity contribution < 1.29 is 0 Å². The van der Waals surface area contributed by atoms with Crippen LogP contribution in [-0.4, -0.2) is 20.7 Å². The zero-order valence-corrected chi connectivity index (χ0v) is 13.2. The first-order chi connectivity index (χ1) is 10.3. The van der Waals surface area contributed by atoms with Crippen molar-refractivity contribution in [3.8, 4) is 0 Å². The third kappa shape index (κ3) is 3.05. The highest BCUT2D eigenvalue weighted by Crippen LogP contribution is 2.29. The molecule has 4 heteroatoms. The largest absolute Gasteiger partial charge is 0.346 e. The van der Waals surface area contributed by atoms with Crippen LogP contribution in [0.1, 0.15) is 56.1 Å². The van der Waals surface area contributed by atoms with Crippen molar-refractivity contribution >= 4 is 0 Å². The Morgan fingerprint density at radius 2 is 2.19 bits per heavy atom. The van der Waals surface area contributed by atoms with Gasteiger partial charge in [-0.15, -0.1) is 0 Å². The highest BCUT2D eigenvalue weighted by atomic mass is 15.1. The summed E-state index contributed by atoms with van der Waals surface area (Å²) in [5, 5.41) is 3.64. The Balaban J connectivity index is 1.83. The fourth-order valence-corrected chi connectivity index (χ4v) is 3.41. The van der Waals surface area contributed by atoms with Crippen molar-refractivity contribution in [1.82, 2.24) is 19.4 Å². The summed E-state index contributed by atoms with van der Waals surface area (Å²) in [6.45, 7) is 7.25. The van der Waals surface area contributed by atoms with Gasteiger partial charge >= 0.3 is 0 Å². The average Bonchev–Trinajstić information content (AvgIpc) is 3.05. The summed E-state index contributed by atoms with van der Waals surface area (Å²) >= 11 is 0. The van der Waals surface area contributed by atoms with Crippen LogP contribution in [0, 0.1) is 0 Å². The average molecular weight is 286 g/mol. The van der Waals surface area contributed by atoms with Gasteiger partial charge in [0.25, 0.3) is 0 Å². The van der Waals surface area contributed by atoms with E-state index in [1.54, 1.807) is 0 Å². The first kappa shape index (κ1) is 14.4. The van der Waals surface area contributed by atoms with Gasteiger partial charge < -0.3 is 14.5 Å². The monoisotopic (exact) mass is 286 g/mol. The van der Waals surface area contributed by atoms with Crippen LogP contribution in [0.4, 0.5) is 0 Å². The topological polar surface area (TPSA) is 34.8 Å². The second kappa shape index (κ2) is 6.48. The molecule has 2 aromatic heterocycles. The third-order valence-corrected chi connectivity index (χ3v) is 4.48. The number of rotatable bonds is 5. The molecule has 1 atom stereocenters. The molecule has 0 aliphatic heterocycles. The predicted molar refractivity (Wildman–Crippen MR) is 85.4 cm³/mol. The minimum absolute atomic E-state index is 0.527. The van der Waals surface area contributed by atoms with Gasteiger partial charge in [-0.05, 0) is 43.9 Å².